The summed E-state index contributed by atoms with van der Waals surface area (Å²) in [6.45, 7) is 2.30. The van der Waals surface area contributed by atoms with Gasteiger partial charge < -0.3 is 9.94 Å². The molecule has 0 saturated heterocycles. The molecule has 92 valence electrons. The van der Waals surface area contributed by atoms with Crippen LogP contribution in [0, 0.1) is 0 Å². The second-order valence-electron chi connectivity index (χ2n) is 3.98. The average molecular weight is 241 g/mol. The Morgan fingerprint density at radius 2 is 1.72 bits per heavy atom. The van der Waals surface area contributed by atoms with E-state index >= 15 is 0 Å². The van der Waals surface area contributed by atoms with Gasteiger partial charge in [0.05, 0.1) is 5.71 Å². The Hall–Kier alpha value is -2.29. The van der Waals surface area contributed by atoms with Crippen LogP contribution < -0.4 is 4.74 Å². The van der Waals surface area contributed by atoms with Gasteiger partial charge in [0, 0.05) is 0 Å². The highest BCUT2D eigenvalue weighted by atomic mass is 16.5. The monoisotopic (exact) mass is 241 g/mol. The SMILES string of the molecule is C/C(=N\O)c1ccc(OCc2ccccc2)cc1. The zero-order chi connectivity index (χ0) is 12.8. The van der Waals surface area contributed by atoms with E-state index in [-0.39, 0.29) is 0 Å². The van der Waals surface area contributed by atoms with Gasteiger partial charge in [-0.2, -0.15) is 0 Å². The predicted molar refractivity (Wildman–Crippen MR) is 71.2 cm³/mol. The van der Waals surface area contributed by atoms with Crippen LogP contribution in [0.25, 0.3) is 0 Å². The van der Waals surface area contributed by atoms with Crippen LogP contribution >= 0.6 is 0 Å². The third-order valence-corrected chi connectivity index (χ3v) is 2.67. The zero-order valence-electron chi connectivity index (χ0n) is 10.2. The molecule has 3 heteroatoms. The van der Waals surface area contributed by atoms with Crippen molar-refractivity contribution in [3.05, 3.63) is 65.7 Å². The summed E-state index contributed by atoms with van der Waals surface area (Å²) in [5.41, 5.74) is 2.60. The fraction of sp³-hybridized carbons (Fsp3) is 0.133. The van der Waals surface area contributed by atoms with E-state index in [4.69, 9.17) is 9.94 Å². The minimum absolute atomic E-state index is 0.549. The number of hydrogen-bond acceptors (Lipinski definition) is 3. The van der Waals surface area contributed by atoms with Gasteiger partial charge in [-0.15, -0.1) is 0 Å². The van der Waals surface area contributed by atoms with E-state index in [0.29, 0.717) is 12.3 Å². The van der Waals surface area contributed by atoms with Crippen molar-refractivity contribution in [1.82, 2.24) is 0 Å². The lowest BCUT2D eigenvalue weighted by molar-refractivity contribution is 0.306. The van der Waals surface area contributed by atoms with Crippen LogP contribution in [0.2, 0.25) is 0 Å². The van der Waals surface area contributed by atoms with Crippen molar-refractivity contribution in [2.75, 3.05) is 0 Å². The lowest BCUT2D eigenvalue weighted by Gasteiger charge is -2.07. The van der Waals surface area contributed by atoms with Crippen molar-refractivity contribution in [3.8, 4) is 5.75 Å². The molecule has 18 heavy (non-hydrogen) atoms. The smallest absolute Gasteiger partial charge is 0.119 e. The highest BCUT2D eigenvalue weighted by molar-refractivity contribution is 5.98. The maximum Gasteiger partial charge on any atom is 0.119 e. The number of nitrogens with zero attached hydrogens (tertiary/aromatic N) is 1. The summed E-state index contributed by atoms with van der Waals surface area (Å²) in [5, 5.41) is 11.8. The van der Waals surface area contributed by atoms with Crippen LogP contribution in [-0.4, -0.2) is 10.9 Å². The maximum absolute atomic E-state index is 8.67. The fourth-order valence-electron chi connectivity index (χ4n) is 1.59. The molecule has 0 heterocycles. The van der Waals surface area contributed by atoms with E-state index in [2.05, 4.69) is 5.16 Å². The number of oxime groups is 1. The van der Waals surface area contributed by atoms with Gasteiger partial charge in [-0.1, -0.05) is 35.5 Å². The average Bonchev–Trinajstić information content (AvgIpc) is 2.46. The van der Waals surface area contributed by atoms with Gasteiger partial charge in [0.15, 0.2) is 0 Å². The minimum atomic E-state index is 0.549. The molecule has 0 radical (unpaired) electrons. The number of rotatable bonds is 4. The van der Waals surface area contributed by atoms with Gasteiger partial charge in [-0.25, -0.2) is 0 Å². The van der Waals surface area contributed by atoms with Gasteiger partial charge in [0.25, 0.3) is 0 Å². The summed E-state index contributed by atoms with van der Waals surface area (Å²) in [6, 6.07) is 17.5. The summed E-state index contributed by atoms with van der Waals surface area (Å²) in [4.78, 5) is 0. The summed E-state index contributed by atoms with van der Waals surface area (Å²) >= 11 is 0. The quantitative estimate of drug-likeness (QED) is 0.506. The highest BCUT2D eigenvalue weighted by Gasteiger charge is 1.99. The topological polar surface area (TPSA) is 41.8 Å². The van der Waals surface area contributed by atoms with Crippen LogP contribution in [0.4, 0.5) is 0 Å². The number of benzene rings is 2. The molecule has 0 aliphatic carbocycles. The van der Waals surface area contributed by atoms with Gasteiger partial charge in [0.1, 0.15) is 12.4 Å². The molecule has 0 aromatic heterocycles. The molecular formula is C15H15NO2. The fourth-order valence-corrected chi connectivity index (χ4v) is 1.59. The van der Waals surface area contributed by atoms with E-state index in [1.807, 2.05) is 54.6 Å². The van der Waals surface area contributed by atoms with E-state index < -0.39 is 0 Å². The van der Waals surface area contributed by atoms with Gasteiger partial charge >= 0.3 is 0 Å². The van der Waals surface area contributed by atoms with Crippen molar-refractivity contribution in [1.29, 1.82) is 0 Å². The predicted octanol–water partition coefficient (Wildman–Crippen LogP) is 3.46. The standard InChI is InChI=1S/C15H15NO2/c1-12(16-17)14-7-9-15(10-8-14)18-11-13-5-3-2-4-6-13/h2-10,17H,11H2,1H3/b16-12+. The lowest BCUT2D eigenvalue weighted by Crippen LogP contribution is -1.97. The molecule has 0 bridgehead atoms. The van der Waals surface area contributed by atoms with Crippen LogP contribution in [0.3, 0.4) is 0 Å². The molecule has 2 aromatic carbocycles. The second-order valence-corrected chi connectivity index (χ2v) is 3.98. The van der Waals surface area contributed by atoms with Crippen molar-refractivity contribution in [3.63, 3.8) is 0 Å². The lowest BCUT2D eigenvalue weighted by atomic mass is 10.1. The Labute approximate surface area is 106 Å². The van der Waals surface area contributed by atoms with E-state index in [1.165, 1.54) is 0 Å². The third kappa shape index (κ3) is 3.10. The first kappa shape index (κ1) is 12.2. The molecule has 0 fully saturated rings. The second kappa shape index (κ2) is 5.87. The first-order chi connectivity index (χ1) is 8.79. The van der Waals surface area contributed by atoms with Gasteiger partial charge in [-0.05, 0) is 42.3 Å². The highest BCUT2D eigenvalue weighted by Crippen LogP contribution is 2.14. The Balaban J connectivity index is 1.99. The Morgan fingerprint density at radius 3 is 2.33 bits per heavy atom. The Bertz CT molecular complexity index is 518. The molecule has 2 aromatic rings. The van der Waals surface area contributed by atoms with Crippen molar-refractivity contribution in [2.24, 2.45) is 5.16 Å². The molecule has 1 N–H and O–H groups in total. The molecule has 0 amide bonds. The van der Waals surface area contributed by atoms with Crippen LogP contribution in [0.1, 0.15) is 18.1 Å². The molecule has 0 aliphatic rings. The Kier molecular flexibility index (Phi) is 3.97. The summed E-state index contributed by atoms with van der Waals surface area (Å²) in [6.07, 6.45) is 0. The molecular weight excluding hydrogens is 226 g/mol. The largest absolute Gasteiger partial charge is 0.489 e. The Morgan fingerprint density at radius 1 is 1.06 bits per heavy atom. The summed E-state index contributed by atoms with van der Waals surface area (Å²) < 4.78 is 5.66. The van der Waals surface area contributed by atoms with Crippen molar-refractivity contribution < 1.29 is 9.94 Å². The summed E-state index contributed by atoms with van der Waals surface area (Å²) in [5.74, 6) is 0.799. The molecule has 0 saturated carbocycles. The van der Waals surface area contributed by atoms with Crippen LogP contribution in [0.15, 0.2) is 59.8 Å². The van der Waals surface area contributed by atoms with Crippen molar-refractivity contribution in [2.45, 2.75) is 13.5 Å². The van der Waals surface area contributed by atoms with Crippen molar-refractivity contribution >= 4 is 5.71 Å². The maximum atomic E-state index is 8.67. The molecule has 2 rings (SSSR count). The first-order valence-corrected chi connectivity index (χ1v) is 5.75. The number of hydrogen-bond donors (Lipinski definition) is 1. The normalized spacial score (nSPS) is 11.3. The molecule has 3 nitrogen and oxygen atoms in total. The first-order valence-electron chi connectivity index (χ1n) is 5.75. The van der Waals surface area contributed by atoms with E-state index in [0.717, 1.165) is 16.9 Å². The van der Waals surface area contributed by atoms with Crippen LogP contribution in [-0.2, 0) is 6.61 Å². The molecule has 0 aliphatic heterocycles. The molecule has 0 spiro atoms. The van der Waals surface area contributed by atoms with Crippen LogP contribution in [0.5, 0.6) is 5.75 Å². The molecule has 0 unspecified atom stereocenters. The van der Waals surface area contributed by atoms with E-state index in [1.54, 1.807) is 6.92 Å². The van der Waals surface area contributed by atoms with Gasteiger partial charge in [-0.3, -0.25) is 0 Å². The van der Waals surface area contributed by atoms with Gasteiger partial charge in [0.2, 0.25) is 0 Å². The minimum Gasteiger partial charge on any atom is -0.489 e. The molecule has 0 atom stereocenters. The third-order valence-electron chi connectivity index (χ3n) is 2.67. The zero-order valence-corrected chi connectivity index (χ0v) is 10.2. The number of ether oxygens (including phenoxy) is 1. The summed E-state index contributed by atoms with van der Waals surface area (Å²) in [7, 11) is 0. The van der Waals surface area contributed by atoms with E-state index in [9.17, 15) is 0 Å².